The molecule has 0 amide bonds. The molecule has 154 valence electrons. The van der Waals surface area contributed by atoms with E-state index in [0.717, 1.165) is 35.2 Å². The molecule has 1 atom stereocenters. The molecule has 4 rings (SSSR count). The molecule has 0 bridgehead atoms. The number of aryl methyl sites for hydroxylation is 3. The summed E-state index contributed by atoms with van der Waals surface area (Å²) in [6.45, 7) is 12.0. The van der Waals surface area contributed by atoms with Crippen LogP contribution < -0.4 is 10.3 Å². The van der Waals surface area contributed by atoms with Crippen molar-refractivity contribution in [3.05, 3.63) is 56.4 Å². The standard InChI is InChI=1S/C24H30N2O2S/c1-15-10-16(2)12-18(11-15)28-9-8-26-14-25-22-21(23(26)27)19-7-6-17(24(3,4)5)13-20(19)29-22/h10-12,14,17H,6-9,13H2,1-5H3. The lowest BCUT2D eigenvalue weighted by Gasteiger charge is -2.33. The molecule has 4 nitrogen and oxygen atoms in total. The van der Waals surface area contributed by atoms with Gasteiger partial charge in [-0.2, -0.15) is 0 Å². The normalized spacial score (nSPS) is 16.8. The second-order valence-electron chi connectivity index (χ2n) is 9.40. The van der Waals surface area contributed by atoms with Crippen molar-refractivity contribution in [1.82, 2.24) is 9.55 Å². The van der Waals surface area contributed by atoms with Crippen LogP contribution in [0.15, 0.2) is 29.3 Å². The van der Waals surface area contributed by atoms with E-state index in [2.05, 4.69) is 45.7 Å². The molecule has 0 radical (unpaired) electrons. The average Bonchev–Trinajstić information content (AvgIpc) is 3.00. The van der Waals surface area contributed by atoms with Crippen LogP contribution in [0.1, 0.15) is 48.8 Å². The third-order valence-corrected chi connectivity index (χ3v) is 7.22. The Morgan fingerprint density at radius 1 is 1.21 bits per heavy atom. The zero-order valence-electron chi connectivity index (χ0n) is 18.0. The Balaban J connectivity index is 1.55. The Kier molecular flexibility index (Phi) is 5.28. The molecular formula is C24H30N2O2S. The van der Waals surface area contributed by atoms with Gasteiger partial charge in [0.25, 0.3) is 5.56 Å². The summed E-state index contributed by atoms with van der Waals surface area (Å²) < 4.78 is 7.60. The van der Waals surface area contributed by atoms with Crippen LogP contribution >= 0.6 is 11.3 Å². The first-order valence-electron chi connectivity index (χ1n) is 10.4. The summed E-state index contributed by atoms with van der Waals surface area (Å²) in [5, 5.41) is 0.839. The maximum Gasteiger partial charge on any atom is 0.262 e. The molecule has 0 spiro atoms. The number of hydrogen-bond acceptors (Lipinski definition) is 4. The van der Waals surface area contributed by atoms with Gasteiger partial charge < -0.3 is 4.74 Å². The van der Waals surface area contributed by atoms with Gasteiger partial charge in [-0.1, -0.05) is 26.8 Å². The monoisotopic (exact) mass is 410 g/mol. The van der Waals surface area contributed by atoms with Crippen LogP contribution in [0.2, 0.25) is 0 Å². The number of ether oxygens (including phenoxy) is 1. The van der Waals surface area contributed by atoms with Gasteiger partial charge in [-0.15, -0.1) is 11.3 Å². The van der Waals surface area contributed by atoms with Crippen LogP contribution in [-0.2, 0) is 19.4 Å². The molecule has 0 saturated heterocycles. The van der Waals surface area contributed by atoms with Gasteiger partial charge in [0.05, 0.1) is 18.3 Å². The van der Waals surface area contributed by atoms with Gasteiger partial charge in [0.15, 0.2) is 0 Å². The van der Waals surface area contributed by atoms with Gasteiger partial charge in [0, 0.05) is 4.88 Å². The third-order valence-electron chi connectivity index (χ3n) is 6.06. The van der Waals surface area contributed by atoms with Crippen molar-refractivity contribution in [1.29, 1.82) is 0 Å². The Morgan fingerprint density at radius 3 is 2.62 bits per heavy atom. The van der Waals surface area contributed by atoms with Crippen molar-refractivity contribution >= 4 is 21.6 Å². The number of aromatic nitrogens is 2. The van der Waals surface area contributed by atoms with Gasteiger partial charge >= 0.3 is 0 Å². The van der Waals surface area contributed by atoms with E-state index in [9.17, 15) is 4.79 Å². The van der Waals surface area contributed by atoms with Crippen molar-refractivity contribution in [2.45, 2.75) is 60.4 Å². The van der Waals surface area contributed by atoms with Crippen LogP contribution in [0.3, 0.4) is 0 Å². The number of nitrogens with zero attached hydrogens (tertiary/aromatic N) is 2. The highest BCUT2D eigenvalue weighted by atomic mass is 32.1. The first kappa shape index (κ1) is 20.1. The zero-order chi connectivity index (χ0) is 20.8. The molecule has 0 fully saturated rings. The predicted molar refractivity (Wildman–Crippen MR) is 120 cm³/mol. The predicted octanol–water partition coefficient (Wildman–Crippen LogP) is 5.30. The Bertz CT molecular complexity index is 1080. The van der Waals surface area contributed by atoms with Crippen LogP contribution in [0.5, 0.6) is 5.75 Å². The summed E-state index contributed by atoms with van der Waals surface area (Å²) in [5.74, 6) is 1.52. The van der Waals surface area contributed by atoms with E-state index < -0.39 is 0 Å². The summed E-state index contributed by atoms with van der Waals surface area (Å²) in [5.41, 5.74) is 3.98. The smallest absolute Gasteiger partial charge is 0.262 e. The molecule has 29 heavy (non-hydrogen) atoms. The van der Waals surface area contributed by atoms with E-state index in [1.165, 1.54) is 21.6 Å². The van der Waals surface area contributed by atoms with Crippen LogP contribution in [0, 0.1) is 25.2 Å². The molecule has 2 aromatic heterocycles. The lowest BCUT2D eigenvalue weighted by Crippen LogP contribution is -2.27. The zero-order valence-corrected chi connectivity index (χ0v) is 18.9. The highest BCUT2D eigenvalue weighted by molar-refractivity contribution is 7.18. The molecule has 5 heteroatoms. The minimum atomic E-state index is 0.0748. The maximum absolute atomic E-state index is 13.2. The topological polar surface area (TPSA) is 44.1 Å². The highest BCUT2D eigenvalue weighted by Crippen LogP contribution is 2.41. The van der Waals surface area contributed by atoms with Crippen molar-refractivity contribution in [3.8, 4) is 5.75 Å². The molecule has 3 aromatic rings. The summed E-state index contributed by atoms with van der Waals surface area (Å²) in [6, 6.07) is 6.18. The number of fused-ring (bicyclic) bond motifs is 3. The maximum atomic E-state index is 13.2. The number of thiophene rings is 1. The molecule has 0 saturated carbocycles. The van der Waals surface area contributed by atoms with Gasteiger partial charge in [0.1, 0.15) is 17.2 Å². The molecule has 0 aliphatic heterocycles. The van der Waals surface area contributed by atoms with E-state index in [-0.39, 0.29) is 5.56 Å². The Labute approximate surface area is 176 Å². The van der Waals surface area contributed by atoms with Crippen molar-refractivity contribution < 1.29 is 4.74 Å². The van der Waals surface area contributed by atoms with E-state index in [0.29, 0.717) is 24.5 Å². The summed E-state index contributed by atoms with van der Waals surface area (Å²) in [4.78, 5) is 20.0. The first-order chi connectivity index (χ1) is 13.7. The number of benzene rings is 1. The fourth-order valence-electron chi connectivity index (χ4n) is 4.38. The van der Waals surface area contributed by atoms with Crippen molar-refractivity contribution in [3.63, 3.8) is 0 Å². The molecule has 1 aliphatic carbocycles. The number of rotatable bonds is 4. The summed E-state index contributed by atoms with van der Waals surface area (Å²) >= 11 is 1.71. The Morgan fingerprint density at radius 2 is 1.93 bits per heavy atom. The minimum Gasteiger partial charge on any atom is -0.492 e. The second kappa shape index (κ2) is 7.60. The molecular weight excluding hydrogens is 380 g/mol. The fraction of sp³-hybridized carbons (Fsp3) is 0.500. The molecule has 1 aliphatic rings. The molecule has 1 unspecified atom stereocenters. The van der Waals surface area contributed by atoms with Crippen molar-refractivity contribution in [2.24, 2.45) is 11.3 Å². The molecule has 1 aromatic carbocycles. The average molecular weight is 411 g/mol. The Hall–Kier alpha value is -2.14. The van der Waals surface area contributed by atoms with E-state index in [4.69, 9.17) is 4.74 Å². The highest BCUT2D eigenvalue weighted by Gasteiger charge is 2.31. The van der Waals surface area contributed by atoms with E-state index in [1.807, 2.05) is 12.1 Å². The van der Waals surface area contributed by atoms with Crippen LogP contribution in [0.25, 0.3) is 10.2 Å². The van der Waals surface area contributed by atoms with Crippen LogP contribution in [-0.4, -0.2) is 16.2 Å². The molecule has 0 N–H and O–H groups in total. The summed E-state index contributed by atoms with van der Waals surface area (Å²) in [6.07, 6.45) is 4.87. The molecule has 2 heterocycles. The van der Waals surface area contributed by atoms with E-state index >= 15 is 0 Å². The summed E-state index contributed by atoms with van der Waals surface area (Å²) in [7, 11) is 0. The second-order valence-corrected chi connectivity index (χ2v) is 10.5. The van der Waals surface area contributed by atoms with Crippen LogP contribution in [0.4, 0.5) is 0 Å². The quantitative estimate of drug-likeness (QED) is 0.586. The van der Waals surface area contributed by atoms with Gasteiger partial charge in [-0.25, -0.2) is 4.98 Å². The number of hydrogen-bond donors (Lipinski definition) is 0. The van der Waals surface area contributed by atoms with Gasteiger partial charge in [-0.05, 0) is 73.3 Å². The first-order valence-corrected chi connectivity index (χ1v) is 11.2. The SMILES string of the molecule is Cc1cc(C)cc(OCCn2cnc3sc4c(c3c2=O)CCC(C(C)(C)C)C4)c1. The fourth-order valence-corrected chi connectivity index (χ4v) is 5.64. The van der Waals surface area contributed by atoms with Crippen molar-refractivity contribution in [2.75, 3.05) is 6.61 Å². The van der Waals surface area contributed by atoms with Gasteiger partial charge in [-0.3, -0.25) is 9.36 Å². The lowest BCUT2D eigenvalue weighted by molar-refractivity contribution is 0.218. The minimum absolute atomic E-state index is 0.0748. The third kappa shape index (κ3) is 4.11. The van der Waals surface area contributed by atoms with Gasteiger partial charge in [0.2, 0.25) is 0 Å². The van der Waals surface area contributed by atoms with E-state index in [1.54, 1.807) is 22.2 Å². The largest absolute Gasteiger partial charge is 0.492 e. The lowest BCUT2D eigenvalue weighted by atomic mass is 9.72.